The first-order valence-corrected chi connectivity index (χ1v) is 6.74. The fraction of sp³-hybridized carbons (Fsp3) is 0.286. The Bertz CT molecular complexity index is 815. The first-order valence-electron chi connectivity index (χ1n) is 6.74. The van der Waals surface area contributed by atoms with Crippen LogP contribution in [0.25, 0.3) is 17.1 Å². The van der Waals surface area contributed by atoms with Gasteiger partial charge in [0.15, 0.2) is 11.6 Å². The lowest BCUT2D eigenvalue weighted by atomic mass is 10.1. The third kappa shape index (κ3) is 2.26. The molecule has 0 bridgehead atoms. The molecule has 0 radical (unpaired) electrons. The maximum atomic E-state index is 11.9. The number of para-hydroxylation sites is 1. The zero-order chi connectivity index (χ0) is 14.8. The van der Waals surface area contributed by atoms with Gasteiger partial charge in [0.1, 0.15) is 0 Å². The van der Waals surface area contributed by atoms with Crippen LogP contribution in [0.2, 0.25) is 0 Å². The number of aromatic nitrogens is 4. The summed E-state index contributed by atoms with van der Waals surface area (Å²) in [7, 11) is 0. The highest BCUT2D eigenvalue weighted by Crippen LogP contribution is 2.25. The molecule has 0 amide bonds. The Balaban J connectivity index is 2.20. The largest absolute Gasteiger partial charge is 0.446 e. The zero-order valence-corrected chi connectivity index (χ0v) is 11.7. The SMILES string of the molecule is CCc1noc(-c2ccccc2-n2c(CC)noc2=O)n1. The summed E-state index contributed by atoms with van der Waals surface area (Å²) in [6.07, 6.45) is 1.25. The fourth-order valence-electron chi connectivity index (χ4n) is 2.10. The van der Waals surface area contributed by atoms with Crippen LogP contribution in [0, 0.1) is 0 Å². The highest BCUT2D eigenvalue weighted by Gasteiger charge is 2.18. The third-order valence-electron chi connectivity index (χ3n) is 3.15. The van der Waals surface area contributed by atoms with Crippen molar-refractivity contribution in [3.63, 3.8) is 0 Å². The topological polar surface area (TPSA) is 87.0 Å². The smallest absolute Gasteiger partial charge is 0.334 e. The second-order valence-electron chi connectivity index (χ2n) is 4.44. The molecule has 21 heavy (non-hydrogen) atoms. The van der Waals surface area contributed by atoms with Crippen molar-refractivity contribution in [2.75, 3.05) is 0 Å². The molecule has 108 valence electrons. The molecule has 0 saturated carbocycles. The van der Waals surface area contributed by atoms with Gasteiger partial charge in [-0.2, -0.15) is 4.98 Å². The summed E-state index contributed by atoms with van der Waals surface area (Å²) in [6.45, 7) is 3.85. The molecule has 0 saturated heterocycles. The van der Waals surface area contributed by atoms with E-state index in [1.807, 2.05) is 32.0 Å². The van der Waals surface area contributed by atoms with Gasteiger partial charge in [-0.25, -0.2) is 9.36 Å². The van der Waals surface area contributed by atoms with E-state index in [-0.39, 0.29) is 0 Å². The van der Waals surface area contributed by atoms with E-state index in [0.717, 1.165) is 0 Å². The standard InChI is InChI=1S/C14H14N4O3/c1-3-11-15-13(20-16-11)9-7-5-6-8-10(9)18-12(4-2)17-21-14(18)19/h5-8H,3-4H2,1-2H3. The molecule has 0 spiro atoms. The Morgan fingerprint density at radius 2 is 1.90 bits per heavy atom. The van der Waals surface area contributed by atoms with E-state index in [1.54, 1.807) is 6.07 Å². The monoisotopic (exact) mass is 286 g/mol. The second kappa shape index (κ2) is 5.35. The van der Waals surface area contributed by atoms with Gasteiger partial charge >= 0.3 is 5.76 Å². The number of hydrogen-bond donors (Lipinski definition) is 0. The molecule has 3 aromatic rings. The minimum Gasteiger partial charge on any atom is -0.334 e. The van der Waals surface area contributed by atoms with Gasteiger partial charge in [0, 0.05) is 12.8 Å². The molecular weight excluding hydrogens is 272 g/mol. The first-order chi connectivity index (χ1) is 10.2. The van der Waals surface area contributed by atoms with Gasteiger partial charge in [-0.15, -0.1) is 0 Å². The van der Waals surface area contributed by atoms with Crippen LogP contribution in [0.5, 0.6) is 0 Å². The Morgan fingerprint density at radius 3 is 2.62 bits per heavy atom. The molecule has 0 unspecified atom stereocenters. The van der Waals surface area contributed by atoms with Crippen LogP contribution < -0.4 is 5.76 Å². The lowest BCUT2D eigenvalue weighted by Crippen LogP contribution is -2.15. The van der Waals surface area contributed by atoms with Gasteiger partial charge in [-0.05, 0) is 12.1 Å². The quantitative estimate of drug-likeness (QED) is 0.729. The highest BCUT2D eigenvalue weighted by molar-refractivity contribution is 5.66. The van der Waals surface area contributed by atoms with Gasteiger partial charge in [-0.3, -0.25) is 4.52 Å². The van der Waals surface area contributed by atoms with E-state index in [1.165, 1.54) is 4.57 Å². The second-order valence-corrected chi connectivity index (χ2v) is 4.44. The lowest BCUT2D eigenvalue weighted by molar-refractivity contribution is 0.379. The van der Waals surface area contributed by atoms with Crippen LogP contribution in [0.15, 0.2) is 38.1 Å². The van der Waals surface area contributed by atoms with Crippen LogP contribution in [-0.2, 0) is 12.8 Å². The summed E-state index contributed by atoms with van der Waals surface area (Å²) in [5.74, 6) is 1.00. The summed E-state index contributed by atoms with van der Waals surface area (Å²) in [4.78, 5) is 16.2. The molecule has 0 aliphatic rings. The van der Waals surface area contributed by atoms with Crippen LogP contribution >= 0.6 is 0 Å². The van der Waals surface area contributed by atoms with Crippen LogP contribution in [-0.4, -0.2) is 19.9 Å². The Morgan fingerprint density at radius 1 is 1.10 bits per heavy atom. The van der Waals surface area contributed by atoms with Crippen LogP contribution in [0.1, 0.15) is 25.5 Å². The van der Waals surface area contributed by atoms with Crippen molar-refractivity contribution in [3.8, 4) is 17.1 Å². The number of hydrogen-bond acceptors (Lipinski definition) is 6. The molecule has 7 nitrogen and oxygen atoms in total. The van der Waals surface area contributed by atoms with Crippen molar-refractivity contribution < 1.29 is 9.05 Å². The van der Waals surface area contributed by atoms with Crippen molar-refractivity contribution >= 4 is 0 Å². The number of rotatable bonds is 4. The van der Waals surface area contributed by atoms with Crippen LogP contribution in [0.4, 0.5) is 0 Å². The van der Waals surface area contributed by atoms with E-state index >= 15 is 0 Å². The average Bonchev–Trinajstić information content (AvgIpc) is 3.13. The van der Waals surface area contributed by atoms with Gasteiger partial charge < -0.3 is 4.52 Å². The van der Waals surface area contributed by atoms with Crippen molar-refractivity contribution in [1.82, 2.24) is 19.9 Å². The minimum absolute atomic E-state index is 0.373. The average molecular weight is 286 g/mol. The molecule has 0 atom stereocenters. The molecule has 2 heterocycles. The molecule has 0 aliphatic carbocycles. The molecule has 3 rings (SSSR count). The summed E-state index contributed by atoms with van der Waals surface area (Å²) in [5.41, 5.74) is 1.29. The van der Waals surface area contributed by atoms with Crippen molar-refractivity contribution in [2.24, 2.45) is 0 Å². The van der Waals surface area contributed by atoms with Gasteiger partial charge in [-0.1, -0.05) is 36.3 Å². The third-order valence-corrected chi connectivity index (χ3v) is 3.15. The van der Waals surface area contributed by atoms with Crippen molar-refractivity contribution in [1.29, 1.82) is 0 Å². The Labute approximate surface area is 120 Å². The lowest BCUT2D eigenvalue weighted by Gasteiger charge is -2.06. The Kier molecular flexibility index (Phi) is 3.39. The van der Waals surface area contributed by atoms with Gasteiger partial charge in [0.25, 0.3) is 5.89 Å². The van der Waals surface area contributed by atoms with Gasteiger partial charge in [0.2, 0.25) is 0 Å². The minimum atomic E-state index is -0.533. The van der Waals surface area contributed by atoms with E-state index in [2.05, 4.69) is 15.3 Å². The van der Waals surface area contributed by atoms with Crippen molar-refractivity contribution in [2.45, 2.75) is 26.7 Å². The molecule has 0 N–H and O–H groups in total. The molecule has 0 fully saturated rings. The summed E-state index contributed by atoms with van der Waals surface area (Å²) >= 11 is 0. The van der Waals surface area contributed by atoms with E-state index in [4.69, 9.17) is 9.05 Å². The van der Waals surface area contributed by atoms with Crippen molar-refractivity contribution in [3.05, 3.63) is 46.5 Å². The maximum absolute atomic E-state index is 11.9. The summed E-state index contributed by atoms with van der Waals surface area (Å²) < 4.78 is 11.4. The molecule has 1 aromatic carbocycles. The van der Waals surface area contributed by atoms with E-state index in [9.17, 15) is 4.79 Å². The van der Waals surface area contributed by atoms with Crippen LogP contribution in [0.3, 0.4) is 0 Å². The normalized spacial score (nSPS) is 11.0. The molecule has 2 aromatic heterocycles. The predicted octanol–water partition coefficient (Wildman–Crippen LogP) is 2.00. The summed E-state index contributed by atoms with van der Waals surface area (Å²) in [6, 6.07) is 7.29. The predicted molar refractivity (Wildman–Crippen MR) is 74.1 cm³/mol. The summed E-state index contributed by atoms with van der Waals surface area (Å²) in [5, 5.41) is 7.66. The molecule has 7 heteroatoms. The highest BCUT2D eigenvalue weighted by atomic mass is 16.5. The Hall–Kier alpha value is -2.70. The first kappa shape index (κ1) is 13.3. The van der Waals surface area contributed by atoms with E-state index in [0.29, 0.717) is 41.6 Å². The zero-order valence-electron chi connectivity index (χ0n) is 11.7. The number of aryl methyl sites for hydroxylation is 2. The fourth-order valence-corrected chi connectivity index (χ4v) is 2.10. The maximum Gasteiger partial charge on any atom is 0.446 e. The molecule has 0 aliphatic heterocycles. The van der Waals surface area contributed by atoms with E-state index < -0.39 is 5.76 Å². The number of nitrogens with zero attached hydrogens (tertiary/aromatic N) is 4. The number of benzene rings is 1. The molecular formula is C14H14N4O3. The van der Waals surface area contributed by atoms with Gasteiger partial charge in [0.05, 0.1) is 11.3 Å².